The molecule has 1 aliphatic rings. The average molecular weight is 282 g/mol. The van der Waals surface area contributed by atoms with Gasteiger partial charge in [0.15, 0.2) is 0 Å². The number of nitrogens with zero attached hydrogens (tertiary/aromatic N) is 1. The maximum Gasteiger partial charge on any atom is 0.0705 e. The minimum atomic E-state index is 0.451. The van der Waals surface area contributed by atoms with Crippen LogP contribution in [0.15, 0.2) is 36.5 Å². The number of benzene rings is 1. The third-order valence-electron chi connectivity index (χ3n) is 5.16. The standard InChI is InChI=1S/C19H26N2/c1-19(2)10-8-15(9-11-19)18(20-3)16-7-6-14-5-4-12-21-17(14)13-16/h4-7,12-13,15,18,20H,8-11H2,1-3H3. The van der Waals surface area contributed by atoms with Crippen molar-refractivity contribution in [2.45, 2.75) is 45.6 Å². The zero-order valence-electron chi connectivity index (χ0n) is 13.4. The lowest BCUT2D eigenvalue weighted by Gasteiger charge is -2.38. The van der Waals surface area contributed by atoms with Gasteiger partial charge in [-0.15, -0.1) is 0 Å². The fourth-order valence-electron chi connectivity index (χ4n) is 3.71. The quantitative estimate of drug-likeness (QED) is 0.881. The van der Waals surface area contributed by atoms with Crippen LogP contribution in [0.4, 0.5) is 0 Å². The van der Waals surface area contributed by atoms with Gasteiger partial charge in [0.05, 0.1) is 5.52 Å². The summed E-state index contributed by atoms with van der Waals surface area (Å²) in [6.45, 7) is 4.80. The molecule has 1 aliphatic carbocycles. The van der Waals surface area contributed by atoms with E-state index in [-0.39, 0.29) is 0 Å². The first-order chi connectivity index (χ1) is 10.1. The van der Waals surface area contributed by atoms with Crippen LogP contribution >= 0.6 is 0 Å². The molecule has 1 unspecified atom stereocenters. The maximum atomic E-state index is 4.50. The number of fused-ring (bicyclic) bond motifs is 1. The third kappa shape index (κ3) is 3.11. The third-order valence-corrected chi connectivity index (χ3v) is 5.16. The first-order valence-electron chi connectivity index (χ1n) is 8.11. The fourth-order valence-corrected chi connectivity index (χ4v) is 3.71. The summed E-state index contributed by atoms with van der Waals surface area (Å²) >= 11 is 0. The van der Waals surface area contributed by atoms with Crippen LogP contribution in [0.3, 0.4) is 0 Å². The molecule has 1 aromatic carbocycles. The van der Waals surface area contributed by atoms with Gasteiger partial charge in [0.1, 0.15) is 0 Å². The second-order valence-corrected chi connectivity index (χ2v) is 7.22. The van der Waals surface area contributed by atoms with Crippen molar-refractivity contribution in [2.75, 3.05) is 7.05 Å². The summed E-state index contributed by atoms with van der Waals surface area (Å²) in [4.78, 5) is 4.50. The summed E-state index contributed by atoms with van der Waals surface area (Å²) in [7, 11) is 2.09. The van der Waals surface area contributed by atoms with Crippen LogP contribution in [0.1, 0.15) is 51.1 Å². The van der Waals surface area contributed by atoms with E-state index in [4.69, 9.17) is 0 Å². The number of aromatic nitrogens is 1. The summed E-state index contributed by atoms with van der Waals surface area (Å²) in [5.74, 6) is 0.740. The molecule has 2 aromatic rings. The Morgan fingerprint density at radius 1 is 1.19 bits per heavy atom. The Kier molecular flexibility index (Phi) is 3.99. The Labute approximate surface area is 128 Å². The van der Waals surface area contributed by atoms with Crippen molar-refractivity contribution in [2.24, 2.45) is 11.3 Å². The van der Waals surface area contributed by atoms with E-state index in [1.807, 2.05) is 12.3 Å². The van der Waals surface area contributed by atoms with E-state index in [2.05, 4.69) is 55.5 Å². The monoisotopic (exact) mass is 282 g/mol. The van der Waals surface area contributed by atoms with Crippen molar-refractivity contribution >= 4 is 10.9 Å². The van der Waals surface area contributed by atoms with E-state index < -0.39 is 0 Å². The molecule has 0 amide bonds. The number of hydrogen-bond acceptors (Lipinski definition) is 2. The van der Waals surface area contributed by atoms with E-state index in [0.29, 0.717) is 11.5 Å². The van der Waals surface area contributed by atoms with Crippen molar-refractivity contribution in [3.63, 3.8) is 0 Å². The number of pyridine rings is 1. The average Bonchev–Trinajstić information content (AvgIpc) is 2.49. The number of nitrogens with one attached hydrogen (secondary N) is 1. The van der Waals surface area contributed by atoms with E-state index >= 15 is 0 Å². The van der Waals surface area contributed by atoms with Gasteiger partial charge in [0.2, 0.25) is 0 Å². The molecule has 3 rings (SSSR count). The van der Waals surface area contributed by atoms with E-state index in [0.717, 1.165) is 11.4 Å². The van der Waals surface area contributed by atoms with Gasteiger partial charge in [0.25, 0.3) is 0 Å². The normalized spacial score (nSPS) is 20.5. The van der Waals surface area contributed by atoms with Gasteiger partial charge in [-0.05, 0) is 61.8 Å². The largest absolute Gasteiger partial charge is 0.313 e. The van der Waals surface area contributed by atoms with Crippen molar-refractivity contribution in [3.8, 4) is 0 Å². The topological polar surface area (TPSA) is 24.9 Å². The van der Waals surface area contributed by atoms with Crippen molar-refractivity contribution in [1.29, 1.82) is 0 Å². The summed E-state index contributed by atoms with van der Waals surface area (Å²) in [6.07, 6.45) is 7.19. The number of rotatable bonds is 3. The number of hydrogen-bond donors (Lipinski definition) is 1. The lowest BCUT2D eigenvalue weighted by Crippen LogP contribution is -2.31. The highest BCUT2D eigenvalue weighted by Crippen LogP contribution is 2.42. The van der Waals surface area contributed by atoms with Crippen LogP contribution in [0.25, 0.3) is 10.9 Å². The fraction of sp³-hybridized carbons (Fsp3) is 0.526. The van der Waals surface area contributed by atoms with Crippen LogP contribution < -0.4 is 5.32 Å². The molecular formula is C19H26N2. The second kappa shape index (κ2) is 5.76. The Morgan fingerprint density at radius 2 is 1.95 bits per heavy atom. The molecule has 2 nitrogen and oxygen atoms in total. The second-order valence-electron chi connectivity index (χ2n) is 7.22. The highest BCUT2D eigenvalue weighted by molar-refractivity contribution is 5.79. The zero-order valence-corrected chi connectivity index (χ0v) is 13.4. The van der Waals surface area contributed by atoms with Gasteiger partial charge < -0.3 is 5.32 Å². The molecule has 1 aromatic heterocycles. The molecule has 1 saturated carbocycles. The summed E-state index contributed by atoms with van der Waals surface area (Å²) < 4.78 is 0. The van der Waals surface area contributed by atoms with Crippen LogP contribution in [-0.2, 0) is 0 Å². The lowest BCUT2D eigenvalue weighted by atomic mass is 9.70. The Balaban J connectivity index is 1.84. The first kappa shape index (κ1) is 14.5. The molecule has 0 aliphatic heterocycles. The van der Waals surface area contributed by atoms with Crippen LogP contribution in [0.2, 0.25) is 0 Å². The minimum Gasteiger partial charge on any atom is -0.313 e. The molecule has 1 atom stereocenters. The van der Waals surface area contributed by atoms with Crippen molar-refractivity contribution in [3.05, 3.63) is 42.1 Å². The molecule has 0 bridgehead atoms. The smallest absolute Gasteiger partial charge is 0.0705 e. The van der Waals surface area contributed by atoms with E-state index in [9.17, 15) is 0 Å². The molecular weight excluding hydrogens is 256 g/mol. The highest BCUT2D eigenvalue weighted by atomic mass is 14.9. The lowest BCUT2D eigenvalue weighted by molar-refractivity contribution is 0.164. The first-order valence-corrected chi connectivity index (χ1v) is 8.11. The van der Waals surface area contributed by atoms with Gasteiger partial charge in [0, 0.05) is 17.6 Å². The van der Waals surface area contributed by atoms with Gasteiger partial charge >= 0.3 is 0 Å². The predicted molar refractivity (Wildman–Crippen MR) is 89.3 cm³/mol. The molecule has 112 valence electrons. The highest BCUT2D eigenvalue weighted by Gasteiger charge is 2.31. The summed E-state index contributed by atoms with van der Waals surface area (Å²) in [6, 6.07) is 11.3. The van der Waals surface area contributed by atoms with Crippen molar-refractivity contribution in [1.82, 2.24) is 10.3 Å². The summed E-state index contributed by atoms with van der Waals surface area (Å²) in [5, 5.41) is 4.78. The van der Waals surface area contributed by atoms with Gasteiger partial charge in [-0.1, -0.05) is 32.0 Å². The molecule has 2 heteroatoms. The van der Waals surface area contributed by atoms with Gasteiger partial charge in [-0.3, -0.25) is 4.98 Å². The molecule has 0 spiro atoms. The molecule has 1 fully saturated rings. The summed E-state index contributed by atoms with van der Waals surface area (Å²) in [5.41, 5.74) is 3.01. The Bertz CT molecular complexity index is 608. The minimum absolute atomic E-state index is 0.451. The van der Waals surface area contributed by atoms with Crippen LogP contribution in [0.5, 0.6) is 0 Å². The van der Waals surface area contributed by atoms with Crippen LogP contribution in [0, 0.1) is 11.3 Å². The van der Waals surface area contributed by atoms with Crippen LogP contribution in [-0.4, -0.2) is 12.0 Å². The molecule has 1 heterocycles. The SMILES string of the molecule is CNC(c1ccc2cccnc2c1)C1CCC(C)(C)CC1. The molecule has 0 radical (unpaired) electrons. The predicted octanol–water partition coefficient (Wildman–Crippen LogP) is 4.71. The molecule has 0 saturated heterocycles. The van der Waals surface area contributed by atoms with Crippen molar-refractivity contribution < 1.29 is 0 Å². The maximum absolute atomic E-state index is 4.50. The van der Waals surface area contributed by atoms with Gasteiger partial charge in [-0.25, -0.2) is 0 Å². The zero-order chi connectivity index (χ0) is 14.9. The van der Waals surface area contributed by atoms with Gasteiger partial charge in [-0.2, -0.15) is 0 Å². The molecule has 21 heavy (non-hydrogen) atoms. The van der Waals surface area contributed by atoms with E-state index in [1.54, 1.807) is 0 Å². The molecule has 1 N–H and O–H groups in total. The Morgan fingerprint density at radius 3 is 2.67 bits per heavy atom. The Hall–Kier alpha value is -1.41. The van der Waals surface area contributed by atoms with E-state index in [1.165, 1.54) is 36.6 Å².